The van der Waals surface area contributed by atoms with E-state index in [9.17, 15) is 11.0 Å². The molecule has 0 bridgehead atoms. The van der Waals surface area contributed by atoms with Gasteiger partial charge in [-0.3, -0.25) is 0 Å². The average Bonchev–Trinajstić information content (AvgIpc) is 3.86. The quantitative estimate of drug-likeness (QED) is 0.171. The Balaban J connectivity index is 1.20. The van der Waals surface area contributed by atoms with Gasteiger partial charge in [-0.1, -0.05) is 133 Å². The first-order valence-corrected chi connectivity index (χ1v) is 18.1. The zero-order valence-electron chi connectivity index (χ0n) is 37.3. The molecule has 2 aromatic heterocycles. The molecular formula is C52H34N2O. The Bertz CT molecular complexity index is 3580. The molecule has 0 unspecified atom stereocenters. The number of furan rings is 1. The molecule has 55 heavy (non-hydrogen) atoms. The summed E-state index contributed by atoms with van der Waals surface area (Å²) in [7, 11) is 0. The summed E-state index contributed by atoms with van der Waals surface area (Å²) in [6, 6.07) is 46.3. The van der Waals surface area contributed by atoms with Crippen molar-refractivity contribution in [3.8, 4) is 27.9 Å². The van der Waals surface area contributed by atoms with E-state index in [2.05, 4.69) is 6.07 Å². The van der Waals surface area contributed by atoms with Crippen molar-refractivity contribution in [3.63, 3.8) is 0 Å². The number of para-hydroxylation sites is 3. The fourth-order valence-corrected chi connectivity index (χ4v) is 7.79. The van der Waals surface area contributed by atoms with Crippen LogP contribution in [0.15, 0.2) is 210 Å². The van der Waals surface area contributed by atoms with Crippen LogP contribution in [0.4, 0.5) is 17.1 Å². The topological polar surface area (TPSA) is 21.3 Å². The van der Waals surface area contributed by atoms with Crippen molar-refractivity contribution >= 4 is 71.6 Å². The van der Waals surface area contributed by atoms with Gasteiger partial charge in [0.2, 0.25) is 0 Å². The van der Waals surface area contributed by atoms with Gasteiger partial charge in [0, 0.05) is 49.6 Å². The molecule has 0 saturated carbocycles. The van der Waals surface area contributed by atoms with E-state index >= 15 is 0 Å². The number of rotatable bonds is 6. The Labute approximate surface area is 329 Å². The van der Waals surface area contributed by atoms with Crippen LogP contribution in [0.1, 0.15) is 11.0 Å². The monoisotopic (exact) mass is 710 g/mol. The van der Waals surface area contributed by atoms with E-state index in [0.717, 1.165) is 37.9 Å². The molecule has 258 valence electrons. The van der Waals surface area contributed by atoms with E-state index in [1.54, 1.807) is 41.0 Å². The first kappa shape index (κ1) is 24.1. The molecule has 11 aromatic rings. The molecule has 0 aliphatic rings. The van der Waals surface area contributed by atoms with Gasteiger partial charge in [-0.25, -0.2) is 0 Å². The fourth-order valence-electron chi connectivity index (χ4n) is 7.79. The van der Waals surface area contributed by atoms with Crippen LogP contribution in [0, 0.1) is 0 Å². The summed E-state index contributed by atoms with van der Waals surface area (Å²) < 4.78 is 84.9. The third kappa shape index (κ3) is 5.13. The van der Waals surface area contributed by atoms with Crippen molar-refractivity contribution in [3.05, 3.63) is 206 Å². The van der Waals surface area contributed by atoms with Crippen molar-refractivity contribution < 1.29 is 15.4 Å². The molecule has 0 radical (unpaired) electrons. The molecule has 0 saturated heterocycles. The maximum absolute atomic E-state index is 9.79. The number of hydrogen-bond donors (Lipinski definition) is 0. The summed E-state index contributed by atoms with van der Waals surface area (Å²) in [5.74, 6) is 0. The van der Waals surface area contributed by atoms with Crippen LogP contribution in [-0.2, 0) is 0 Å². The number of nitrogens with zero attached hydrogens (tertiary/aromatic N) is 2. The van der Waals surface area contributed by atoms with Crippen molar-refractivity contribution in [2.75, 3.05) is 4.90 Å². The predicted octanol–water partition coefficient (Wildman–Crippen LogP) is 14.6. The van der Waals surface area contributed by atoms with E-state index in [4.69, 9.17) is 4.42 Å². The van der Waals surface area contributed by atoms with Crippen LogP contribution in [0.25, 0.3) is 82.5 Å². The molecule has 0 amide bonds. The van der Waals surface area contributed by atoms with Crippen molar-refractivity contribution in [1.82, 2.24) is 4.57 Å². The van der Waals surface area contributed by atoms with E-state index in [1.807, 2.05) is 115 Å². The summed E-state index contributed by atoms with van der Waals surface area (Å²) in [6.45, 7) is 0. The lowest BCUT2D eigenvalue weighted by molar-refractivity contribution is 0.672. The molecule has 0 fully saturated rings. The highest BCUT2D eigenvalue weighted by Gasteiger charge is 2.20. The number of fused-ring (bicyclic) bond motifs is 8. The van der Waals surface area contributed by atoms with E-state index in [0.29, 0.717) is 39.0 Å². The maximum Gasteiger partial charge on any atom is 0.143 e. The first-order valence-electron chi connectivity index (χ1n) is 22.1. The molecule has 9 aromatic carbocycles. The molecule has 0 aliphatic heterocycles. The van der Waals surface area contributed by atoms with Gasteiger partial charge in [0.05, 0.1) is 27.7 Å². The van der Waals surface area contributed by atoms with E-state index in [-0.39, 0.29) is 46.8 Å². The van der Waals surface area contributed by atoms with Gasteiger partial charge >= 0.3 is 0 Å². The summed E-state index contributed by atoms with van der Waals surface area (Å²) in [6.07, 6.45) is 0. The molecular weight excluding hydrogens is 669 g/mol. The number of aromatic nitrogens is 1. The maximum atomic E-state index is 9.79. The Morgan fingerprint density at radius 1 is 0.436 bits per heavy atom. The van der Waals surface area contributed by atoms with Crippen LogP contribution >= 0.6 is 0 Å². The summed E-state index contributed by atoms with van der Waals surface area (Å²) >= 11 is 0. The molecule has 2 heterocycles. The lowest BCUT2D eigenvalue weighted by Crippen LogP contribution is -2.11. The Hall–Kier alpha value is -7.36. The minimum absolute atomic E-state index is 0.0446. The second-order valence-electron chi connectivity index (χ2n) is 13.5. The molecule has 3 heteroatoms. The Morgan fingerprint density at radius 3 is 1.80 bits per heavy atom. The van der Waals surface area contributed by atoms with Crippen molar-refractivity contribution in [2.24, 2.45) is 0 Å². The largest absolute Gasteiger partial charge is 0.455 e. The lowest BCUT2D eigenvalue weighted by atomic mass is 9.98. The van der Waals surface area contributed by atoms with Gasteiger partial charge in [-0.15, -0.1) is 0 Å². The number of benzene rings is 9. The zero-order chi connectivity index (χ0) is 43.3. The van der Waals surface area contributed by atoms with Gasteiger partial charge in [0.1, 0.15) is 11.2 Å². The average molecular weight is 711 g/mol. The van der Waals surface area contributed by atoms with Gasteiger partial charge in [0.15, 0.2) is 0 Å². The summed E-state index contributed by atoms with van der Waals surface area (Å²) in [5, 5.41) is 5.58. The Kier molecular flexibility index (Phi) is 5.53. The highest BCUT2D eigenvalue weighted by Crippen LogP contribution is 2.44. The normalized spacial score (nSPS) is 13.7. The minimum atomic E-state index is -0.421. The van der Waals surface area contributed by atoms with Crippen molar-refractivity contribution in [1.29, 1.82) is 0 Å². The number of hydrogen-bond acceptors (Lipinski definition) is 2. The van der Waals surface area contributed by atoms with Crippen LogP contribution in [-0.4, -0.2) is 4.57 Å². The number of anilines is 3. The van der Waals surface area contributed by atoms with Crippen molar-refractivity contribution in [2.45, 2.75) is 0 Å². The molecule has 3 nitrogen and oxygen atoms in total. The van der Waals surface area contributed by atoms with Crippen LogP contribution in [0.3, 0.4) is 0 Å². The van der Waals surface area contributed by atoms with E-state index in [1.165, 1.54) is 4.90 Å². The van der Waals surface area contributed by atoms with Crippen LogP contribution < -0.4 is 4.90 Å². The molecule has 0 aliphatic carbocycles. The summed E-state index contributed by atoms with van der Waals surface area (Å²) in [4.78, 5) is 1.38. The smallest absolute Gasteiger partial charge is 0.143 e. The molecule has 0 N–H and O–H groups in total. The van der Waals surface area contributed by atoms with Gasteiger partial charge < -0.3 is 13.9 Å². The highest BCUT2D eigenvalue weighted by atomic mass is 16.3. The predicted molar refractivity (Wildman–Crippen MR) is 231 cm³/mol. The second kappa shape index (κ2) is 12.6. The van der Waals surface area contributed by atoms with Gasteiger partial charge in [0.25, 0.3) is 0 Å². The third-order valence-electron chi connectivity index (χ3n) is 10.3. The highest BCUT2D eigenvalue weighted by molar-refractivity contribution is 6.16. The van der Waals surface area contributed by atoms with Gasteiger partial charge in [-0.05, 0) is 94.7 Å². The van der Waals surface area contributed by atoms with Crippen LogP contribution in [0.2, 0.25) is 0 Å². The first-order chi connectivity index (χ1) is 30.6. The van der Waals surface area contributed by atoms with Gasteiger partial charge in [-0.2, -0.15) is 0 Å². The lowest BCUT2D eigenvalue weighted by Gasteiger charge is -2.28. The summed E-state index contributed by atoms with van der Waals surface area (Å²) in [5.41, 5.74) is 4.68. The van der Waals surface area contributed by atoms with Crippen LogP contribution in [0.5, 0.6) is 0 Å². The minimum Gasteiger partial charge on any atom is -0.455 e. The molecule has 0 spiro atoms. The fraction of sp³-hybridized carbons (Fsp3) is 0. The second-order valence-corrected chi connectivity index (χ2v) is 13.5. The van der Waals surface area contributed by atoms with E-state index < -0.39 is 24.2 Å². The zero-order valence-corrected chi connectivity index (χ0v) is 29.3. The third-order valence-corrected chi connectivity index (χ3v) is 10.3. The standard InChI is InChI=1S/C52H34N2O/c1-2-12-35(13-3-1)36-22-26-39(27-23-36)53(40-28-30-41(31-29-40)54-49-20-10-7-17-44(49)45-18-8-11-21-50(45)54)48-19-9-6-15-42(48)38-25-33-51-47(34-38)46-32-24-37-14-4-5-16-43(37)52(46)55-51/h1-34H/i22D,23D,26D,27D,28D,29D,30D,31D. The Morgan fingerprint density at radius 2 is 1.05 bits per heavy atom. The SMILES string of the molecule is [2H]c1c([2H])c(N(c2ccccc2-c2ccc3oc4c5ccccc5ccc4c3c2)c2c([2H])c([2H])c(-n3c4ccccc4c4ccccc43)c([2H])c2[2H])c([2H])c([2H])c1-c1ccccc1. The molecule has 11 rings (SSSR count). The molecule has 0 atom stereocenters.